The highest BCUT2D eigenvalue weighted by molar-refractivity contribution is 5.85. The zero-order valence-corrected chi connectivity index (χ0v) is 16.2. The van der Waals surface area contributed by atoms with Crippen molar-refractivity contribution in [3.05, 3.63) is 72.1 Å². The summed E-state index contributed by atoms with van der Waals surface area (Å²) in [6.45, 7) is 0. The number of hydrogen-bond donors (Lipinski definition) is 0. The van der Waals surface area contributed by atoms with Gasteiger partial charge in [0.25, 0.3) is 0 Å². The van der Waals surface area contributed by atoms with Crippen LogP contribution in [0.2, 0.25) is 0 Å². The topological polar surface area (TPSA) is 87.2 Å². The maximum atomic E-state index is 13.5. The number of fused-ring (bicyclic) bond motifs is 3. The van der Waals surface area contributed by atoms with Gasteiger partial charge in [-0.25, -0.2) is 13.5 Å². The molecule has 154 valence electrons. The summed E-state index contributed by atoms with van der Waals surface area (Å²) in [5.74, 6) is -1.23. The van der Waals surface area contributed by atoms with Gasteiger partial charge in [0.15, 0.2) is 16.8 Å². The van der Waals surface area contributed by atoms with Crippen LogP contribution in [0.3, 0.4) is 0 Å². The van der Waals surface area contributed by atoms with E-state index in [0.717, 1.165) is 0 Å². The Morgan fingerprint density at radius 1 is 1.00 bits per heavy atom. The van der Waals surface area contributed by atoms with E-state index in [1.807, 2.05) is 0 Å². The number of aromatic nitrogens is 6. The summed E-state index contributed by atoms with van der Waals surface area (Å²) in [5, 5.41) is 17.5. The third-order valence-corrected chi connectivity index (χ3v) is 4.86. The van der Waals surface area contributed by atoms with Gasteiger partial charge in [0, 0.05) is 5.56 Å². The van der Waals surface area contributed by atoms with Gasteiger partial charge in [-0.2, -0.15) is 14.7 Å². The molecule has 0 fully saturated rings. The van der Waals surface area contributed by atoms with Crippen LogP contribution < -0.4 is 0 Å². The fraction of sp³-hybridized carbons (Fsp3) is 0.0952. The molecule has 0 saturated heterocycles. The number of carbonyl (C=O) groups is 1. The molecule has 5 aromatic rings. The van der Waals surface area contributed by atoms with Gasteiger partial charge in [-0.3, -0.25) is 4.79 Å². The molecule has 0 amide bonds. The highest BCUT2D eigenvalue weighted by Crippen LogP contribution is 2.27. The standard InChI is InChI=1S/C21H14F2N6O2/c1-31-18(30)10-17-19-21(28(27-17)15-8-6-14(23)7-9-15)29-20(26-25-19)16(11-24-29)12-2-4-13(22)5-3-12/h2-9,11H,10H2,1H3. The first-order valence-electron chi connectivity index (χ1n) is 9.26. The Bertz CT molecular complexity index is 1420. The van der Waals surface area contributed by atoms with E-state index in [0.29, 0.717) is 39.3 Å². The van der Waals surface area contributed by atoms with E-state index in [-0.39, 0.29) is 12.2 Å². The molecule has 5 rings (SSSR count). The fourth-order valence-corrected chi connectivity index (χ4v) is 3.35. The quantitative estimate of drug-likeness (QED) is 0.415. The molecule has 3 heterocycles. The van der Waals surface area contributed by atoms with E-state index in [2.05, 4.69) is 20.4 Å². The number of rotatable bonds is 4. The van der Waals surface area contributed by atoms with Crippen LogP contribution >= 0.6 is 0 Å². The largest absolute Gasteiger partial charge is 0.469 e. The molecule has 0 N–H and O–H groups in total. The second-order valence-corrected chi connectivity index (χ2v) is 6.76. The molecule has 0 aliphatic heterocycles. The molecule has 0 radical (unpaired) electrons. The number of halogens is 2. The molecule has 0 spiro atoms. The summed E-state index contributed by atoms with van der Waals surface area (Å²) in [5.41, 5.74) is 3.49. The summed E-state index contributed by atoms with van der Waals surface area (Å²) in [6.07, 6.45) is 1.48. The van der Waals surface area contributed by atoms with E-state index in [9.17, 15) is 13.6 Å². The minimum atomic E-state index is -0.486. The van der Waals surface area contributed by atoms with Crippen molar-refractivity contribution in [2.24, 2.45) is 0 Å². The van der Waals surface area contributed by atoms with Gasteiger partial charge in [0.2, 0.25) is 0 Å². The van der Waals surface area contributed by atoms with Crippen LogP contribution in [0.1, 0.15) is 5.69 Å². The molecular formula is C21H14F2N6O2. The van der Waals surface area contributed by atoms with Crippen LogP contribution in [0.4, 0.5) is 8.78 Å². The summed E-state index contributed by atoms with van der Waals surface area (Å²) < 4.78 is 34.6. The maximum Gasteiger partial charge on any atom is 0.311 e. The maximum absolute atomic E-state index is 13.5. The monoisotopic (exact) mass is 420 g/mol. The van der Waals surface area contributed by atoms with E-state index >= 15 is 0 Å². The number of nitrogens with zero attached hydrogens (tertiary/aromatic N) is 6. The molecule has 2 aromatic carbocycles. The highest BCUT2D eigenvalue weighted by atomic mass is 19.1. The molecule has 0 aliphatic rings. The minimum Gasteiger partial charge on any atom is -0.469 e. The Hall–Kier alpha value is -4.21. The summed E-state index contributed by atoms with van der Waals surface area (Å²) in [6, 6.07) is 11.7. The molecule has 8 nitrogen and oxygen atoms in total. The zero-order valence-electron chi connectivity index (χ0n) is 16.2. The van der Waals surface area contributed by atoms with Crippen LogP contribution in [0.25, 0.3) is 33.6 Å². The summed E-state index contributed by atoms with van der Waals surface area (Å²) in [4.78, 5) is 11.9. The lowest BCUT2D eigenvalue weighted by molar-refractivity contribution is -0.139. The number of carbonyl (C=O) groups excluding carboxylic acids is 1. The fourth-order valence-electron chi connectivity index (χ4n) is 3.35. The normalized spacial score (nSPS) is 11.3. The number of methoxy groups -OCH3 is 1. The first kappa shape index (κ1) is 18.8. The van der Waals surface area contributed by atoms with E-state index < -0.39 is 11.8 Å². The van der Waals surface area contributed by atoms with E-state index in [1.54, 1.807) is 30.5 Å². The van der Waals surface area contributed by atoms with Crippen molar-refractivity contribution in [2.45, 2.75) is 6.42 Å². The Kier molecular flexibility index (Phi) is 4.39. The first-order chi connectivity index (χ1) is 15.0. The molecular weight excluding hydrogens is 406 g/mol. The minimum absolute atomic E-state index is 0.118. The Labute approximate surface area is 173 Å². The Balaban J connectivity index is 1.77. The average Bonchev–Trinajstić information content (AvgIpc) is 3.36. The van der Waals surface area contributed by atoms with E-state index in [1.165, 1.54) is 40.6 Å². The predicted molar refractivity (Wildman–Crippen MR) is 106 cm³/mol. The van der Waals surface area contributed by atoms with Crippen LogP contribution in [-0.4, -0.2) is 42.7 Å². The first-order valence-corrected chi connectivity index (χ1v) is 9.26. The Morgan fingerprint density at radius 3 is 2.35 bits per heavy atom. The lowest BCUT2D eigenvalue weighted by Gasteiger charge is -2.04. The van der Waals surface area contributed by atoms with Crippen LogP contribution in [0.5, 0.6) is 0 Å². The lowest BCUT2D eigenvalue weighted by Crippen LogP contribution is -2.06. The van der Waals surface area contributed by atoms with Crippen molar-refractivity contribution < 1.29 is 18.3 Å². The second kappa shape index (κ2) is 7.24. The SMILES string of the molecule is COC(=O)Cc1nn(-c2ccc(F)cc2)c2c1nnc1c(-c3ccc(F)cc3)cnn12. The highest BCUT2D eigenvalue weighted by Gasteiger charge is 2.22. The smallest absolute Gasteiger partial charge is 0.311 e. The van der Waals surface area contributed by atoms with Gasteiger partial charge >= 0.3 is 5.97 Å². The molecule has 0 unspecified atom stereocenters. The van der Waals surface area contributed by atoms with Crippen molar-refractivity contribution in [1.82, 2.24) is 29.6 Å². The van der Waals surface area contributed by atoms with Crippen molar-refractivity contribution in [3.63, 3.8) is 0 Å². The molecule has 0 aliphatic carbocycles. The number of hydrogen-bond acceptors (Lipinski definition) is 6. The van der Waals surface area contributed by atoms with Gasteiger partial charge < -0.3 is 4.74 Å². The molecule has 3 aromatic heterocycles. The molecule has 31 heavy (non-hydrogen) atoms. The average molecular weight is 420 g/mol. The van der Waals surface area contributed by atoms with Gasteiger partial charge in [-0.15, -0.1) is 10.2 Å². The summed E-state index contributed by atoms with van der Waals surface area (Å²) >= 11 is 0. The lowest BCUT2D eigenvalue weighted by atomic mass is 10.1. The van der Waals surface area contributed by atoms with Crippen molar-refractivity contribution in [1.29, 1.82) is 0 Å². The number of esters is 1. The van der Waals surface area contributed by atoms with Crippen LogP contribution in [-0.2, 0) is 16.0 Å². The van der Waals surface area contributed by atoms with Gasteiger partial charge in [0.1, 0.15) is 17.3 Å². The molecule has 10 heteroatoms. The van der Waals surface area contributed by atoms with Crippen molar-refractivity contribution in [2.75, 3.05) is 7.11 Å². The van der Waals surface area contributed by atoms with Crippen LogP contribution in [0, 0.1) is 11.6 Å². The third-order valence-electron chi connectivity index (χ3n) is 4.86. The Morgan fingerprint density at radius 2 is 1.68 bits per heavy atom. The van der Waals surface area contributed by atoms with Crippen LogP contribution in [0.15, 0.2) is 54.7 Å². The van der Waals surface area contributed by atoms with Crippen molar-refractivity contribution >= 4 is 22.8 Å². The predicted octanol–water partition coefficient (Wildman–Crippen LogP) is 3.12. The van der Waals surface area contributed by atoms with E-state index in [4.69, 9.17) is 4.74 Å². The number of ether oxygens (including phenoxy) is 1. The summed E-state index contributed by atoms with van der Waals surface area (Å²) in [7, 11) is 1.29. The zero-order chi connectivity index (χ0) is 21.5. The van der Waals surface area contributed by atoms with Gasteiger partial charge in [-0.05, 0) is 42.0 Å². The number of benzene rings is 2. The van der Waals surface area contributed by atoms with Gasteiger partial charge in [0.05, 0.1) is 25.4 Å². The van der Waals surface area contributed by atoms with Crippen molar-refractivity contribution in [3.8, 4) is 16.8 Å². The molecule has 0 saturated carbocycles. The molecule has 0 atom stereocenters. The third kappa shape index (κ3) is 3.18. The van der Waals surface area contributed by atoms with Gasteiger partial charge in [-0.1, -0.05) is 12.1 Å². The second-order valence-electron chi connectivity index (χ2n) is 6.76. The molecule has 0 bridgehead atoms.